The average molecular weight is 210 g/mol. The van der Waals surface area contributed by atoms with E-state index < -0.39 is 0 Å². The molecule has 1 aliphatic rings. The highest BCUT2D eigenvalue weighted by Crippen LogP contribution is 2.29. The standard InChI is InChI=1S/C11H14O2S/c12-11(9-5-6-13-7-9)8-14-10-3-1-2-4-10/h5-7,10H,1-4,8H2. The van der Waals surface area contributed by atoms with Crippen molar-refractivity contribution < 1.29 is 9.21 Å². The molecule has 76 valence electrons. The monoisotopic (exact) mass is 210 g/mol. The number of Topliss-reactive ketones (excluding diaryl/α,β-unsaturated/α-hetero) is 1. The van der Waals surface area contributed by atoms with Gasteiger partial charge in [0.15, 0.2) is 5.78 Å². The lowest BCUT2D eigenvalue weighted by Crippen LogP contribution is -2.05. The van der Waals surface area contributed by atoms with Gasteiger partial charge in [0.05, 0.1) is 17.6 Å². The van der Waals surface area contributed by atoms with E-state index in [1.807, 2.05) is 0 Å². The van der Waals surface area contributed by atoms with Gasteiger partial charge in [-0.2, -0.15) is 11.8 Å². The molecule has 1 aromatic heterocycles. The molecular weight excluding hydrogens is 196 g/mol. The summed E-state index contributed by atoms with van der Waals surface area (Å²) in [4.78, 5) is 11.6. The van der Waals surface area contributed by atoms with Gasteiger partial charge >= 0.3 is 0 Å². The van der Waals surface area contributed by atoms with Crippen LogP contribution in [0.15, 0.2) is 23.0 Å². The lowest BCUT2D eigenvalue weighted by molar-refractivity contribution is 0.102. The summed E-state index contributed by atoms with van der Waals surface area (Å²) < 4.78 is 4.88. The molecule has 2 rings (SSSR count). The Hall–Kier alpha value is -0.700. The molecule has 0 N–H and O–H groups in total. The maximum Gasteiger partial charge on any atom is 0.175 e. The Morgan fingerprint density at radius 2 is 2.29 bits per heavy atom. The zero-order valence-electron chi connectivity index (χ0n) is 8.07. The van der Waals surface area contributed by atoms with Gasteiger partial charge in [-0.3, -0.25) is 4.79 Å². The first-order chi connectivity index (χ1) is 6.86. The Kier molecular flexibility index (Phi) is 3.30. The van der Waals surface area contributed by atoms with Crippen LogP contribution in [0.25, 0.3) is 0 Å². The number of thioether (sulfide) groups is 1. The fraction of sp³-hybridized carbons (Fsp3) is 0.545. The Morgan fingerprint density at radius 3 is 2.93 bits per heavy atom. The van der Waals surface area contributed by atoms with E-state index >= 15 is 0 Å². The van der Waals surface area contributed by atoms with Gasteiger partial charge in [-0.1, -0.05) is 12.8 Å². The largest absolute Gasteiger partial charge is 0.472 e. The summed E-state index contributed by atoms with van der Waals surface area (Å²) in [6.45, 7) is 0. The van der Waals surface area contributed by atoms with Crippen LogP contribution in [0.4, 0.5) is 0 Å². The van der Waals surface area contributed by atoms with Gasteiger partial charge < -0.3 is 4.42 Å². The summed E-state index contributed by atoms with van der Waals surface area (Å²) >= 11 is 1.80. The predicted molar refractivity (Wildman–Crippen MR) is 57.8 cm³/mol. The Morgan fingerprint density at radius 1 is 1.50 bits per heavy atom. The lowest BCUT2D eigenvalue weighted by atomic mass is 10.2. The average Bonchev–Trinajstić information content (AvgIpc) is 2.87. The topological polar surface area (TPSA) is 30.2 Å². The molecule has 0 bridgehead atoms. The maximum absolute atomic E-state index is 11.6. The van der Waals surface area contributed by atoms with Gasteiger partial charge in [0, 0.05) is 5.25 Å². The third kappa shape index (κ3) is 2.41. The molecule has 3 heteroatoms. The fourth-order valence-corrected chi connectivity index (χ4v) is 2.98. The smallest absolute Gasteiger partial charge is 0.175 e. The van der Waals surface area contributed by atoms with Crippen molar-refractivity contribution in [3.05, 3.63) is 24.2 Å². The highest BCUT2D eigenvalue weighted by atomic mass is 32.2. The molecule has 0 radical (unpaired) electrons. The molecule has 2 nitrogen and oxygen atoms in total. The number of ketones is 1. The third-order valence-electron chi connectivity index (χ3n) is 2.60. The van der Waals surface area contributed by atoms with E-state index in [1.165, 1.54) is 31.9 Å². The molecular formula is C11H14O2S. The van der Waals surface area contributed by atoms with Crippen molar-refractivity contribution >= 4 is 17.5 Å². The van der Waals surface area contributed by atoms with Crippen molar-refractivity contribution in [1.82, 2.24) is 0 Å². The molecule has 1 fully saturated rings. The highest BCUT2D eigenvalue weighted by molar-refractivity contribution is 8.00. The van der Waals surface area contributed by atoms with Gasteiger partial charge in [0.25, 0.3) is 0 Å². The van der Waals surface area contributed by atoms with Crippen LogP contribution in [-0.4, -0.2) is 16.8 Å². The number of hydrogen-bond acceptors (Lipinski definition) is 3. The van der Waals surface area contributed by atoms with Crippen molar-refractivity contribution in [3.63, 3.8) is 0 Å². The van der Waals surface area contributed by atoms with E-state index in [-0.39, 0.29) is 5.78 Å². The minimum absolute atomic E-state index is 0.190. The molecule has 0 aromatic carbocycles. The van der Waals surface area contributed by atoms with Crippen LogP contribution in [-0.2, 0) is 0 Å². The van der Waals surface area contributed by atoms with Crippen molar-refractivity contribution in [2.24, 2.45) is 0 Å². The maximum atomic E-state index is 11.6. The number of furan rings is 1. The number of hydrogen-bond donors (Lipinski definition) is 0. The highest BCUT2D eigenvalue weighted by Gasteiger charge is 2.17. The molecule has 0 amide bonds. The molecule has 0 unspecified atom stereocenters. The zero-order valence-corrected chi connectivity index (χ0v) is 8.89. The van der Waals surface area contributed by atoms with Gasteiger partial charge in [0.1, 0.15) is 6.26 Å². The third-order valence-corrected chi connectivity index (χ3v) is 3.97. The van der Waals surface area contributed by atoms with E-state index in [1.54, 1.807) is 24.1 Å². The summed E-state index contributed by atoms with van der Waals surface area (Å²) in [5.41, 5.74) is 0.704. The summed E-state index contributed by atoms with van der Waals surface area (Å²) in [7, 11) is 0. The first-order valence-corrected chi connectivity index (χ1v) is 6.08. The Labute approximate surface area is 88.1 Å². The first-order valence-electron chi connectivity index (χ1n) is 5.03. The predicted octanol–water partition coefficient (Wildman–Crippen LogP) is 3.14. The van der Waals surface area contributed by atoms with Gasteiger partial charge in [0.2, 0.25) is 0 Å². The molecule has 1 heterocycles. The minimum Gasteiger partial charge on any atom is -0.472 e. The van der Waals surface area contributed by atoms with Gasteiger partial charge in [-0.15, -0.1) is 0 Å². The van der Waals surface area contributed by atoms with Crippen LogP contribution in [0.5, 0.6) is 0 Å². The number of carbonyl (C=O) groups excluding carboxylic acids is 1. The van der Waals surface area contributed by atoms with Crippen LogP contribution >= 0.6 is 11.8 Å². The lowest BCUT2D eigenvalue weighted by Gasteiger charge is -2.06. The van der Waals surface area contributed by atoms with E-state index in [0.717, 1.165) is 0 Å². The van der Waals surface area contributed by atoms with E-state index in [0.29, 0.717) is 16.6 Å². The van der Waals surface area contributed by atoms with Crippen LogP contribution in [0.2, 0.25) is 0 Å². The summed E-state index contributed by atoms with van der Waals surface area (Å²) in [6.07, 6.45) is 8.30. The normalized spacial score (nSPS) is 17.4. The minimum atomic E-state index is 0.190. The van der Waals surface area contributed by atoms with E-state index in [2.05, 4.69) is 0 Å². The molecule has 1 saturated carbocycles. The molecule has 0 saturated heterocycles. The van der Waals surface area contributed by atoms with Crippen LogP contribution in [0.3, 0.4) is 0 Å². The van der Waals surface area contributed by atoms with Crippen molar-refractivity contribution in [3.8, 4) is 0 Å². The Bertz CT molecular complexity index is 286. The SMILES string of the molecule is O=C(CSC1CCCC1)c1ccoc1. The van der Waals surface area contributed by atoms with Gasteiger partial charge in [-0.25, -0.2) is 0 Å². The molecule has 0 spiro atoms. The quantitative estimate of drug-likeness (QED) is 0.715. The molecule has 1 aromatic rings. The van der Waals surface area contributed by atoms with Crippen LogP contribution in [0.1, 0.15) is 36.0 Å². The molecule has 1 aliphatic carbocycles. The second-order valence-electron chi connectivity index (χ2n) is 3.65. The van der Waals surface area contributed by atoms with Crippen molar-refractivity contribution in [2.45, 2.75) is 30.9 Å². The molecule has 0 atom stereocenters. The second-order valence-corrected chi connectivity index (χ2v) is 4.94. The summed E-state index contributed by atoms with van der Waals surface area (Å²) in [5, 5.41) is 0.714. The number of rotatable bonds is 4. The van der Waals surface area contributed by atoms with Crippen LogP contribution < -0.4 is 0 Å². The van der Waals surface area contributed by atoms with E-state index in [4.69, 9.17) is 4.42 Å². The van der Waals surface area contributed by atoms with Crippen molar-refractivity contribution in [2.75, 3.05) is 5.75 Å². The fourth-order valence-electron chi connectivity index (χ4n) is 1.76. The summed E-state index contributed by atoms with van der Waals surface area (Å²) in [5.74, 6) is 0.792. The first kappa shape index (κ1) is 9.84. The number of carbonyl (C=O) groups is 1. The molecule has 0 aliphatic heterocycles. The Balaban J connectivity index is 1.78. The molecule has 14 heavy (non-hydrogen) atoms. The zero-order chi connectivity index (χ0) is 9.80. The summed E-state index contributed by atoms with van der Waals surface area (Å²) in [6, 6.07) is 1.73. The van der Waals surface area contributed by atoms with E-state index in [9.17, 15) is 4.79 Å². The van der Waals surface area contributed by atoms with Gasteiger partial charge in [-0.05, 0) is 18.9 Å². The van der Waals surface area contributed by atoms with Crippen molar-refractivity contribution in [1.29, 1.82) is 0 Å². The van der Waals surface area contributed by atoms with Crippen LogP contribution in [0, 0.1) is 0 Å². The second kappa shape index (κ2) is 4.69.